The quantitative estimate of drug-likeness (QED) is 0.440. The van der Waals surface area contributed by atoms with Crippen molar-refractivity contribution in [2.75, 3.05) is 33.0 Å². The van der Waals surface area contributed by atoms with Gasteiger partial charge in [0, 0.05) is 0 Å². The summed E-state index contributed by atoms with van der Waals surface area (Å²) >= 11 is 0. The van der Waals surface area contributed by atoms with Gasteiger partial charge in [0.25, 0.3) is 0 Å². The van der Waals surface area contributed by atoms with Gasteiger partial charge in [0.05, 0.1) is 38.4 Å². The highest BCUT2D eigenvalue weighted by atomic mass is 31.2. The number of unbranched alkanes of at least 4 members (excludes halogenated alkanes) is 4. The Kier molecular flexibility index (Phi) is 9.07. The molecule has 0 unspecified atom stereocenters. The Bertz CT molecular complexity index is 288. The van der Waals surface area contributed by atoms with Gasteiger partial charge < -0.3 is 22.6 Å². The highest BCUT2D eigenvalue weighted by Crippen LogP contribution is 2.49. The van der Waals surface area contributed by atoms with Gasteiger partial charge in [0.1, 0.15) is 0 Å². The molecule has 0 amide bonds. The van der Waals surface area contributed by atoms with E-state index >= 15 is 0 Å². The Hall–Kier alpha value is 0.660. The monoisotopic (exact) mass is 352 g/mol. The van der Waals surface area contributed by atoms with Crippen molar-refractivity contribution in [2.45, 2.75) is 52.4 Å². The van der Waals surface area contributed by atoms with Crippen LogP contribution in [0.15, 0.2) is 0 Å². The first-order valence-corrected chi connectivity index (χ1v) is 10.3. The average molecular weight is 352 g/mol. The normalized spacial score (nSPS) is 30.4. The smallest absolute Gasteiger partial charge is 0.332 e. The van der Waals surface area contributed by atoms with Crippen LogP contribution in [0.2, 0.25) is 0 Å². The van der Waals surface area contributed by atoms with E-state index in [1.165, 1.54) is 32.1 Å². The van der Waals surface area contributed by atoms with Gasteiger partial charge in [-0.3, -0.25) is 0 Å². The van der Waals surface area contributed by atoms with E-state index in [2.05, 4.69) is 13.8 Å². The van der Waals surface area contributed by atoms with E-state index in [1.54, 1.807) is 0 Å². The van der Waals surface area contributed by atoms with Crippen molar-refractivity contribution in [1.82, 2.24) is 0 Å². The molecule has 0 aromatic rings. The van der Waals surface area contributed by atoms with Crippen LogP contribution in [0.25, 0.3) is 0 Å². The van der Waals surface area contributed by atoms with Crippen LogP contribution in [0.4, 0.5) is 0 Å². The lowest BCUT2D eigenvalue weighted by molar-refractivity contribution is -0.0619. The lowest BCUT2D eigenvalue weighted by atomic mass is 9.93. The second-order valence-electron chi connectivity index (χ2n) is 6.71. The van der Waals surface area contributed by atoms with Crippen LogP contribution < -0.4 is 0 Å². The minimum Gasteiger partial charge on any atom is -0.335 e. The van der Waals surface area contributed by atoms with Crippen molar-refractivity contribution in [3.05, 3.63) is 0 Å². The maximum Gasteiger partial charge on any atom is 0.332 e. The molecule has 2 saturated heterocycles. The third-order valence-electron chi connectivity index (χ3n) is 3.95. The van der Waals surface area contributed by atoms with E-state index in [4.69, 9.17) is 22.6 Å². The van der Waals surface area contributed by atoms with Gasteiger partial charge >= 0.3 is 8.60 Å². The van der Waals surface area contributed by atoms with Gasteiger partial charge in [-0.15, -0.1) is 0 Å². The first kappa shape index (κ1) is 19.0. The maximum atomic E-state index is 5.71. The Labute approximate surface area is 137 Å². The number of rotatable bonds is 9. The van der Waals surface area contributed by atoms with Gasteiger partial charge in [-0.25, -0.2) is 0 Å². The van der Waals surface area contributed by atoms with Gasteiger partial charge in [-0.2, -0.15) is 0 Å². The predicted molar refractivity (Wildman–Crippen MR) is 90.0 cm³/mol. The molecule has 0 atom stereocenters. The second-order valence-corrected chi connectivity index (χ2v) is 8.68. The van der Waals surface area contributed by atoms with Gasteiger partial charge in [-0.1, -0.05) is 46.0 Å². The minimum atomic E-state index is -1.17. The third kappa shape index (κ3) is 7.05. The molecule has 0 aromatic carbocycles. The van der Waals surface area contributed by atoms with Crippen molar-refractivity contribution >= 4 is 17.6 Å². The molecule has 0 radical (unpaired) electrons. The SMILES string of the molecule is CC(C)CCCCCCCOP1OCC2(COPOC2)CO1. The standard InChI is InChI=1S/C15H30O5P2/c1-14(2)8-6-4-3-5-7-9-18-22-19-12-15(13-20-22)10-16-21-17-11-15/h14,21H,3-13H2,1-2H3. The molecular formula is C15H30O5P2. The molecule has 0 bridgehead atoms. The highest BCUT2D eigenvalue weighted by molar-refractivity contribution is 7.41. The molecule has 130 valence electrons. The van der Waals surface area contributed by atoms with Gasteiger partial charge in [0.15, 0.2) is 9.03 Å². The predicted octanol–water partition coefficient (Wildman–Crippen LogP) is 4.82. The Balaban J connectivity index is 1.44. The third-order valence-corrected chi connectivity index (χ3v) is 5.55. The number of hydrogen-bond acceptors (Lipinski definition) is 5. The summed E-state index contributed by atoms with van der Waals surface area (Å²) in [6, 6.07) is 0. The fourth-order valence-electron chi connectivity index (χ4n) is 2.47. The molecule has 0 saturated carbocycles. The van der Waals surface area contributed by atoms with E-state index in [0.29, 0.717) is 26.4 Å². The van der Waals surface area contributed by atoms with E-state index in [0.717, 1.165) is 18.9 Å². The minimum absolute atomic E-state index is 0.121. The second kappa shape index (κ2) is 10.5. The largest absolute Gasteiger partial charge is 0.335 e. The van der Waals surface area contributed by atoms with Crippen molar-refractivity contribution in [2.24, 2.45) is 11.3 Å². The fourth-order valence-corrected chi connectivity index (χ4v) is 4.55. The van der Waals surface area contributed by atoms with Crippen molar-refractivity contribution in [3.8, 4) is 0 Å². The fraction of sp³-hybridized carbons (Fsp3) is 1.00. The summed E-state index contributed by atoms with van der Waals surface area (Å²) in [6.45, 7) is 7.84. The van der Waals surface area contributed by atoms with E-state index in [1.807, 2.05) is 0 Å². The van der Waals surface area contributed by atoms with Crippen LogP contribution in [0.5, 0.6) is 0 Å². The summed E-state index contributed by atoms with van der Waals surface area (Å²) < 4.78 is 27.9. The molecule has 0 N–H and O–H groups in total. The lowest BCUT2D eigenvalue weighted by Crippen LogP contribution is -2.43. The molecule has 7 heteroatoms. The van der Waals surface area contributed by atoms with Gasteiger partial charge in [-0.05, 0) is 12.3 Å². The summed E-state index contributed by atoms with van der Waals surface area (Å²) in [5.74, 6) is 0.829. The maximum absolute atomic E-state index is 5.71. The van der Waals surface area contributed by atoms with Gasteiger partial charge in [0.2, 0.25) is 0 Å². The molecule has 0 aromatic heterocycles. The zero-order valence-electron chi connectivity index (χ0n) is 13.8. The molecule has 1 spiro atoms. The first-order valence-electron chi connectivity index (χ1n) is 8.38. The summed E-state index contributed by atoms with van der Waals surface area (Å²) in [6.07, 6.45) is 7.65. The Morgan fingerprint density at radius 3 is 2.27 bits per heavy atom. The number of hydrogen-bond donors (Lipinski definition) is 0. The molecule has 2 aliphatic rings. The summed E-state index contributed by atoms with van der Waals surface area (Å²) in [5.41, 5.74) is -0.121. The Morgan fingerprint density at radius 1 is 0.955 bits per heavy atom. The van der Waals surface area contributed by atoms with Crippen LogP contribution in [0, 0.1) is 11.3 Å². The summed E-state index contributed by atoms with van der Waals surface area (Å²) in [5, 5.41) is 0. The van der Waals surface area contributed by atoms with Crippen molar-refractivity contribution in [1.29, 1.82) is 0 Å². The van der Waals surface area contributed by atoms with E-state index in [9.17, 15) is 0 Å². The lowest BCUT2D eigenvalue weighted by Gasteiger charge is -2.39. The zero-order chi connectivity index (χ0) is 15.7. The molecule has 2 rings (SSSR count). The summed E-state index contributed by atoms with van der Waals surface area (Å²) in [7, 11) is -1.01. The summed E-state index contributed by atoms with van der Waals surface area (Å²) in [4.78, 5) is 0. The molecule has 5 nitrogen and oxygen atoms in total. The molecule has 2 fully saturated rings. The van der Waals surface area contributed by atoms with Crippen molar-refractivity contribution in [3.63, 3.8) is 0 Å². The zero-order valence-corrected chi connectivity index (χ0v) is 15.7. The molecule has 22 heavy (non-hydrogen) atoms. The van der Waals surface area contributed by atoms with E-state index < -0.39 is 8.60 Å². The van der Waals surface area contributed by atoms with Crippen molar-refractivity contribution < 1.29 is 22.6 Å². The first-order chi connectivity index (χ1) is 10.7. The molecule has 2 heterocycles. The molecular weight excluding hydrogens is 322 g/mol. The molecule has 2 aliphatic heterocycles. The highest BCUT2D eigenvalue weighted by Gasteiger charge is 2.41. The van der Waals surface area contributed by atoms with Crippen LogP contribution >= 0.6 is 17.6 Å². The Morgan fingerprint density at radius 2 is 1.59 bits per heavy atom. The van der Waals surface area contributed by atoms with E-state index in [-0.39, 0.29) is 14.4 Å². The van der Waals surface area contributed by atoms with Crippen LogP contribution in [-0.2, 0) is 22.6 Å². The topological polar surface area (TPSA) is 46.2 Å². The van der Waals surface area contributed by atoms with Crippen LogP contribution in [0.1, 0.15) is 52.4 Å². The van der Waals surface area contributed by atoms with Crippen LogP contribution in [-0.4, -0.2) is 33.0 Å². The molecule has 0 aliphatic carbocycles. The average Bonchev–Trinajstić information content (AvgIpc) is 2.52. The van der Waals surface area contributed by atoms with Crippen LogP contribution in [0.3, 0.4) is 0 Å².